The number of nitrogens with zero attached hydrogens (tertiary/aromatic N) is 1. The van der Waals surface area contributed by atoms with Crippen LogP contribution in [0.25, 0.3) is 11.3 Å². The molecule has 20 heavy (non-hydrogen) atoms. The van der Waals surface area contributed by atoms with Crippen LogP contribution in [0, 0.1) is 0 Å². The van der Waals surface area contributed by atoms with Crippen LogP contribution in [0.4, 0.5) is 0 Å². The summed E-state index contributed by atoms with van der Waals surface area (Å²) in [5.41, 5.74) is 1.56. The van der Waals surface area contributed by atoms with Crippen LogP contribution in [0.3, 0.4) is 0 Å². The highest BCUT2D eigenvalue weighted by Crippen LogP contribution is 2.18. The van der Waals surface area contributed by atoms with Gasteiger partial charge in [0.1, 0.15) is 5.69 Å². The van der Waals surface area contributed by atoms with Crippen molar-refractivity contribution in [2.45, 2.75) is 19.3 Å². The molecule has 0 fully saturated rings. The van der Waals surface area contributed by atoms with Crippen molar-refractivity contribution in [1.29, 1.82) is 0 Å². The summed E-state index contributed by atoms with van der Waals surface area (Å²) >= 11 is 0. The second-order valence-electron chi connectivity index (χ2n) is 4.48. The smallest absolute Gasteiger partial charge is 0.289 e. The SMILES string of the molecule is O=C(NCCCCCO)c1cc(-c2ccccc2)no1. The minimum absolute atomic E-state index is 0.191. The highest BCUT2D eigenvalue weighted by Gasteiger charge is 2.13. The van der Waals surface area contributed by atoms with Gasteiger partial charge in [-0.3, -0.25) is 4.79 Å². The minimum Gasteiger partial charge on any atom is -0.396 e. The fourth-order valence-electron chi connectivity index (χ4n) is 1.83. The van der Waals surface area contributed by atoms with E-state index in [4.69, 9.17) is 9.63 Å². The topological polar surface area (TPSA) is 75.4 Å². The molecule has 0 unspecified atom stereocenters. The van der Waals surface area contributed by atoms with Crippen molar-refractivity contribution in [3.05, 3.63) is 42.2 Å². The van der Waals surface area contributed by atoms with E-state index in [9.17, 15) is 4.79 Å². The molecule has 2 rings (SSSR count). The number of rotatable bonds is 7. The van der Waals surface area contributed by atoms with Crippen molar-refractivity contribution in [2.75, 3.05) is 13.2 Å². The summed E-state index contributed by atoms with van der Waals surface area (Å²) in [5, 5.41) is 15.3. The standard InChI is InChI=1S/C15H18N2O3/c18-10-6-2-5-9-16-15(19)14-11-13(17-20-14)12-7-3-1-4-8-12/h1,3-4,7-8,11,18H,2,5-6,9-10H2,(H,16,19). The summed E-state index contributed by atoms with van der Waals surface area (Å²) in [7, 11) is 0. The molecule has 1 aromatic heterocycles. The van der Waals surface area contributed by atoms with E-state index in [0.29, 0.717) is 12.2 Å². The van der Waals surface area contributed by atoms with E-state index in [-0.39, 0.29) is 18.3 Å². The van der Waals surface area contributed by atoms with E-state index in [1.807, 2.05) is 30.3 Å². The molecule has 106 valence electrons. The monoisotopic (exact) mass is 274 g/mol. The second-order valence-corrected chi connectivity index (χ2v) is 4.48. The second kappa shape index (κ2) is 7.45. The summed E-state index contributed by atoms with van der Waals surface area (Å²) in [6.07, 6.45) is 2.49. The predicted octanol–water partition coefficient (Wildman–Crippen LogP) is 2.23. The van der Waals surface area contributed by atoms with E-state index in [0.717, 1.165) is 24.8 Å². The third-order valence-corrected chi connectivity index (χ3v) is 2.92. The molecule has 0 saturated heterocycles. The lowest BCUT2D eigenvalue weighted by Crippen LogP contribution is -2.23. The van der Waals surface area contributed by atoms with Crippen molar-refractivity contribution in [3.8, 4) is 11.3 Å². The summed E-state index contributed by atoms with van der Waals surface area (Å²) in [6.45, 7) is 0.761. The van der Waals surface area contributed by atoms with Gasteiger partial charge in [-0.15, -0.1) is 0 Å². The number of carbonyl (C=O) groups excluding carboxylic acids is 1. The molecule has 1 amide bonds. The number of hydrogen-bond acceptors (Lipinski definition) is 4. The van der Waals surface area contributed by atoms with Crippen molar-refractivity contribution in [3.63, 3.8) is 0 Å². The van der Waals surface area contributed by atoms with Gasteiger partial charge in [-0.1, -0.05) is 35.5 Å². The Morgan fingerprint density at radius 3 is 2.75 bits per heavy atom. The first-order valence-electron chi connectivity index (χ1n) is 6.72. The average Bonchev–Trinajstić information content (AvgIpc) is 2.98. The number of nitrogens with one attached hydrogen (secondary N) is 1. The van der Waals surface area contributed by atoms with Gasteiger partial charge in [0.2, 0.25) is 5.76 Å². The van der Waals surface area contributed by atoms with E-state index in [1.165, 1.54) is 0 Å². The first-order chi connectivity index (χ1) is 9.81. The first kappa shape index (κ1) is 14.3. The van der Waals surface area contributed by atoms with Crippen LogP contribution < -0.4 is 5.32 Å². The van der Waals surface area contributed by atoms with Crippen LogP contribution in [0.2, 0.25) is 0 Å². The molecule has 0 atom stereocenters. The van der Waals surface area contributed by atoms with Crippen molar-refractivity contribution >= 4 is 5.91 Å². The number of carbonyl (C=O) groups is 1. The zero-order valence-corrected chi connectivity index (χ0v) is 11.2. The maximum Gasteiger partial charge on any atom is 0.289 e. The lowest BCUT2D eigenvalue weighted by molar-refractivity contribution is 0.0916. The third-order valence-electron chi connectivity index (χ3n) is 2.92. The molecule has 0 aliphatic rings. The Labute approximate surface area is 117 Å². The largest absolute Gasteiger partial charge is 0.396 e. The number of benzene rings is 1. The van der Waals surface area contributed by atoms with Gasteiger partial charge in [0.05, 0.1) is 0 Å². The van der Waals surface area contributed by atoms with Gasteiger partial charge in [0.15, 0.2) is 0 Å². The van der Waals surface area contributed by atoms with Gasteiger partial charge >= 0.3 is 0 Å². The van der Waals surface area contributed by atoms with Gasteiger partial charge in [-0.2, -0.15) is 0 Å². The van der Waals surface area contributed by atoms with Crippen molar-refractivity contribution in [2.24, 2.45) is 0 Å². The van der Waals surface area contributed by atoms with Gasteiger partial charge in [0, 0.05) is 24.8 Å². The normalized spacial score (nSPS) is 10.4. The molecule has 0 spiro atoms. The Kier molecular flexibility index (Phi) is 5.32. The van der Waals surface area contributed by atoms with Crippen LogP contribution in [0.1, 0.15) is 29.8 Å². The number of hydrogen-bond donors (Lipinski definition) is 2. The highest BCUT2D eigenvalue weighted by molar-refractivity contribution is 5.92. The summed E-state index contributed by atoms with van der Waals surface area (Å²) in [6, 6.07) is 11.2. The molecule has 5 nitrogen and oxygen atoms in total. The Hall–Kier alpha value is -2.14. The Bertz CT molecular complexity index is 537. The van der Waals surface area contributed by atoms with Gasteiger partial charge < -0.3 is 14.9 Å². The molecule has 0 aliphatic carbocycles. The summed E-state index contributed by atoms with van der Waals surface area (Å²) in [4.78, 5) is 11.8. The van der Waals surface area contributed by atoms with Crippen LogP contribution >= 0.6 is 0 Å². The van der Waals surface area contributed by atoms with Gasteiger partial charge in [-0.05, 0) is 19.3 Å². The van der Waals surface area contributed by atoms with Crippen LogP contribution in [-0.2, 0) is 0 Å². The predicted molar refractivity (Wildman–Crippen MR) is 75.2 cm³/mol. The molecular weight excluding hydrogens is 256 g/mol. The molecule has 0 radical (unpaired) electrons. The Morgan fingerprint density at radius 2 is 2.00 bits per heavy atom. The molecule has 0 aliphatic heterocycles. The van der Waals surface area contributed by atoms with Crippen molar-refractivity contribution < 1.29 is 14.4 Å². The molecule has 2 N–H and O–H groups in total. The quantitative estimate of drug-likeness (QED) is 0.759. The first-order valence-corrected chi connectivity index (χ1v) is 6.72. The lowest BCUT2D eigenvalue weighted by Gasteiger charge is -2.01. The van der Waals surface area contributed by atoms with E-state index < -0.39 is 0 Å². The molecule has 1 heterocycles. The average molecular weight is 274 g/mol. The van der Waals surface area contributed by atoms with Crippen LogP contribution in [0.15, 0.2) is 40.9 Å². The third kappa shape index (κ3) is 3.93. The summed E-state index contributed by atoms with van der Waals surface area (Å²) < 4.78 is 5.06. The maximum atomic E-state index is 11.8. The molecule has 5 heteroatoms. The number of amides is 1. The number of aliphatic hydroxyl groups excluding tert-OH is 1. The van der Waals surface area contributed by atoms with Crippen molar-refractivity contribution in [1.82, 2.24) is 10.5 Å². The van der Waals surface area contributed by atoms with E-state index >= 15 is 0 Å². The van der Waals surface area contributed by atoms with Crippen LogP contribution in [0.5, 0.6) is 0 Å². The lowest BCUT2D eigenvalue weighted by atomic mass is 10.1. The fraction of sp³-hybridized carbons (Fsp3) is 0.333. The van der Waals surface area contributed by atoms with Gasteiger partial charge in [0.25, 0.3) is 5.91 Å². The zero-order valence-electron chi connectivity index (χ0n) is 11.2. The Balaban J connectivity index is 1.87. The fourth-order valence-corrected chi connectivity index (χ4v) is 1.83. The van der Waals surface area contributed by atoms with E-state index in [2.05, 4.69) is 10.5 Å². The number of aliphatic hydroxyl groups is 1. The molecule has 0 bridgehead atoms. The molecule has 2 aromatic rings. The summed E-state index contributed by atoms with van der Waals surface area (Å²) in [5.74, 6) is -0.0466. The molecule has 0 saturated carbocycles. The van der Waals surface area contributed by atoms with Gasteiger partial charge in [-0.25, -0.2) is 0 Å². The number of unbranched alkanes of at least 4 members (excludes halogenated alkanes) is 2. The molecule has 1 aromatic carbocycles. The number of aromatic nitrogens is 1. The van der Waals surface area contributed by atoms with E-state index in [1.54, 1.807) is 6.07 Å². The zero-order chi connectivity index (χ0) is 14.2. The van der Waals surface area contributed by atoms with Crippen LogP contribution in [-0.4, -0.2) is 29.3 Å². The Morgan fingerprint density at radius 1 is 1.20 bits per heavy atom. The molecular formula is C15H18N2O3. The minimum atomic E-state index is -0.260. The highest BCUT2D eigenvalue weighted by atomic mass is 16.5. The maximum absolute atomic E-state index is 11.8.